The number of piperidine rings is 1. The van der Waals surface area contributed by atoms with E-state index in [0.717, 1.165) is 11.8 Å². The fraction of sp³-hybridized carbons (Fsp3) is 0.463. The number of allylic oxidation sites excluding steroid dienone is 1. The Morgan fingerprint density at radius 2 is 1.38 bits per heavy atom. The molecule has 2 heterocycles. The molecule has 0 spiro atoms. The Balaban J connectivity index is 1.56. The van der Waals surface area contributed by atoms with Crippen LogP contribution in [0.25, 0.3) is 0 Å². The number of fused-ring (bicyclic) bond motifs is 2. The Hall–Kier alpha value is -7.98. The summed E-state index contributed by atoms with van der Waals surface area (Å²) < 4.78 is 46.6. The number of phenols is 2. The van der Waals surface area contributed by atoms with Crippen LogP contribution in [0.15, 0.2) is 90.6 Å². The van der Waals surface area contributed by atoms with Gasteiger partial charge >= 0.3 is 16.4 Å². The summed E-state index contributed by atoms with van der Waals surface area (Å²) in [6.07, 6.45) is -3.99. The first-order chi connectivity index (χ1) is 38.2. The Morgan fingerprint density at radius 1 is 0.790 bits per heavy atom. The van der Waals surface area contributed by atoms with Gasteiger partial charge in [-0.05, 0) is 93.3 Å². The lowest BCUT2D eigenvalue weighted by Gasteiger charge is -2.44. The van der Waals surface area contributed by atoms with Crippen molar-refractivity contribution in [1.29, 1.82) is 0 Å². The van der Waals surface area contributed by atoms with Gasteiger partial charge in [-0.25, -0.2) is 8.98 Å². The van der Waals surface area contributed by atoms with Crippen LogP contribution in [-0.4, -0.2) is 173 Å². The zero-order valence-electron chi connectivity index (χ0n) is 45.7. The lowest BCUT2D eigenvalue weighted by Crippen LogP contribution is -2.65. The van der Waals surface area contributed by atoms with E-state index in [4.69, 9.17) is 14.0 Å². The van der Waals surface area contributed by atoms with E-state index in [9.17, 15) is 62.1 Å². The van der Waals surface area contributed by atoms with Gasteiger partial charge in [0, 0.05) is 27.0 Å². The van der Waals surface area contributed by atoms with Crippen molar-refractivity contribution in [2.75, 3.05) is 20.8 Å². The third-order valence-corrected chi connectivity index (χ3v) is 14.0. The van der Waals surface area contributed by atoms with E-state index in [-0.39, 0.29) is 50.0 Å². The summed E-state index contributed by atoms with van der Waals surface area (Å²) in [4.78, 5) is 132. The summed E-state index contributed by atoms with van der Waals surface area (Å²) in [6, 6.07) is 9.78. The smallest absolute Gasteiger partial charge is 0.397 e. The maximum Gasteiger partial charge on any atom is 0.397 e. The topological polar surface area (TPSA) is 375 Å². The summed E-state index contributed by atoms with van der Waals surface area (Å²) >= 11 is 0. The number of carbonyl (C=O) groups excluding carboxylic acids is 9. The Labute approximate surface area is 468 Å². The number of cyclic esters (lactones) is 1. The van der Waals surface area contributed by atoms with Crippen LogP contribution in [0.4, 0.5) is 0 Å². The molecule has 81 heavy (non-hydrogen) atoms. The summed E-state index contributed by atoms with van der Waals surface area (Å²) in [5.41, 5.74) is 1.24. The SMILES string of the molecule is CC=C1NC(=O)C(NC(=O)C(CCc2ccc(O)cc2)NC(=O)C(C)NC(=O)C(O)COS(=O)(=O)O)C(C)OC(=O)C(C(C)C)NC(=O)C(Cc2ccc(O)cc2)N(C)C(=O)C(Cc2ccccc2)N2C(=O)C(CCC2OC)NC1=O. The highest BCUT2D eigenvalue weighted by atomic mass is 32.3. The average molecular weight is 1150 g/mol. The Bertz CT molecular complexity index is 2890. The number of likely N-dealkylation sites (N-methyl/N-ethyl adjacent to an activating group) is 1. The van der Waals surface area contributed by atoms with Gasteiger partial charge in [0.05, 0.1) is 0 Å². The van der Waals surface area contributed by atoms with Crippen molar-refractivity contribution in [3.8, 4) is 11.5 Å². The molecule has 0 saturated carbocycles. The maximum absolute atomic E-state index is 15.2. The number of rotatable bonds is 18. The average Bonchev–Trinajstić information content (AvgIpc) is 3.52. The Kier molecular flexibility index (Phi) is 22.8. The number of aliphatic hydroxyl groups is 1. The predicted molar refractivity (Wildman–Crippen MR) is 287 cm³/mol. The van der Waals surface area contributed by atoms with E-state index < -0.39 is 143 Å². The largest absolute Gasteiger partial charge is 0.508 e. The maximum atomic E-state index is 15.2. The van der Waals surface area contributed by atoms with Crippen molar-refractivity contribution < 1.29 is 85.1 Å². The third-order valence-electron chi connectivity index (χ3n) is 13.6. The van der Waals surface area contributed by atoms with Gasteiger partial charge in [0.2, 0.25) is 29.5 Å². The lowest BCUT2D eigenvalue weighted by molar-refractivity contribution is -0.168. The highest BCUT2D eigenvalue weighted by Crippen LogP contribution is 2.27. The van der Waals surface area contributed by atoms with Gasteiger partial charge in [0.1, 0.15) is 78.4 Å². The van der Waals surface area contributed by atoms with E-state index in [2.05, 4.69) is 36.1 Å². The van der Waals surface area contributed by atoms with Crippen LogP contribution in [0, 0.1) is 5.92 Å². The fourth-order valence-electron chi connectivity index (χ4n) is 8.97. The van der Waals surface area contributed by atoms with E-state index in [1.807, 2.05) is 0 Å². The number of amides is 8. The number of hydrogen-bond donors (Lipinski definition) is 10. The summed E-state index contributed by atoms with van der Waals surface area (Å²) in [7, 11) is -2.34. The minimum Gasteiger partial charge on any atom is -0.508 e. The molecule has 10 unspecified atom stereocenters. The third kappa shape index (κ3) is 18.0. The molecule has 26 nitrogen and oxygen atoms in total. The second kappa shape index (κ2) is 28.9. The van der Waals surface area contributed by atoms with Crippen LogP contribution in [0.2, 0.25) is 0 Å². The number of aromatic hydroxyl groups is 2. The molecule has 2 saturated heterocycles. The quantitative estimate of drug-likeness (QED) is 0.0438. The number of nitrogens with one attached hydrogen (secondary N) is 6. The zero-order valence-corrected chi connectivity index (χ0v) is 46.5. The number of nitrogens with zero attached hydrogens (tertiary/aromatic N) is 2. The van der Waals surface area contributed by atoms with Gasteiger partial charge in [-0.3, -0.25) is 42.9 Å². The molecule has 0 radical (unpaired) electrons. The van der Waals surface area contributed by atoms with Crippen molar-refractivity contribution in [3.05, 3.63) is 107 Å². The van der Waals surface area contributed by atoms with Crippen molar-refractivity contribution in [1.82, 2.24) is 41.7 Å². The molecule has 2 aliphatic rings. The summed E-state index contributed by atoms with van der Waals surface area (Å²) in [5.74, 6) is -9.88. The number of carbonyl (C=O) groups is 9. The molecule has 440 valence electrons. The van der Waals surface area contributed by atoms with Gasteiger partial charge in [-0.2, -0.15) is 8.42 Å². The summed E-state index contributed by atoms with van der Waals surface area (Å²) in [5, 5.41) is 45.0. The second-order valence-corrected chi connectivity index (χ2v) is 20.9. The monoisotopic (exact) mass is 1150 g/mol. The first-order valence-corrected chi connectivity index (χ1v) is 27.3. The second-order valence-electron chi connectivity index (χ2n) is 19.9. The van der Waals surface area contributed by atoms with Crippen molar-refractivity contribution >= 4 is 63.6 Å². The first-order valence-electron chi connectivity index (χ1n) is 25.9. The normalized spacial score (nSPS) is 23.3. The number of ether oxygens (including phenoxy) is 2. The number of benzene rings is 3. The van der Waals surface area contributed by atoms with Crippen LogP contribution >= 0.6 is 0 Å². The van der Waals surface area contributed by atoms with E-state index in [1.54, 1.807) is 44.2 Å². The molecule has 5 rings (SSSR count). The van der Waals surface area contributed by atoms with E-state index in [0.29, 0.717) is 16.7 Å². The predicted octanol–water partition coefficient (Wildman–Crippen LogP) is -0.448. The molecule has 0 aromatic heterocycles. The number of aryl methyl sites for hydroxylation is 1. The minimum atomic E-state index is -5.06. The van der Waals surface area contributed by atoms with E-state index in [1.165, 1.54) is 87.5 Å². The van der Waals surface area contributed by atoms with Crippen LogP contribution in [0.3, 0.4) is 0 Å². The van der Waals surface area contributed by atoms with Gasteiger partial charge in [-0.15, -0.1) is 0 Å². The van der Waals surface area contributed by atoms with Crippen LogP contribution < -0.4 is 31.9 Å². The molecular weight excluding hydrogens is 1080 g/mol. The molecule has 3 aromatic rings. The van der Waals surface area contributed by atoms with Gasteiger partial charge in [-0.1, -0.05) is 74.5 Å². The highest BCUT2D eigenvalue weighted by molar-refractivity contribution is 7.80. The number of methoxy groups -OCH3 is 1. The number of aliphatic hydroxyl groups excluding tert-OH is 1. The molecule has 2 bridgehead atoms. The molecule has 2 aliphatic heterocycles. The molecule has 10 N–H and O–H groups in total. The standard InChI is InChI=1S/C54H70N8O18S/c1-8-37-47(67)58-39-24-25-43(78-7)62(52(39)72)41(27-33-12-10-9-11-13-33)53(73)61(6)40(26-34-16-21-36(64)22-17-34)49(69)59-44(29(2)3)54(74)80-31(5)45(51(71)56-37)60-48(68)38(23-18-32-14-19-35(63)20-15-32)57-46(66)30(4)55-50(70)42(65)28-79-81(75,76)77/h8-17,19-22,29-31,38-45,63-65H,18,23-28H2,1-7H3,(H,55,70)(H,56,71)(H,57,66)(H,58,67)(H,59,69)(H,60,68)(H,75,76,77). The number of phenolic OH excluding ortho intramolecular Hbond substituents is 2. The first kappa shape index (κ1) is 63.8. The summed E-state index contributed by atoms with van der Waals surface area (Å²) in [6.45, 7) is 5.71. The van der Waals surface area contributed by atoms with Gasteiger partial charge in [0.15, 0.2) is 6.10 Å². The van der Waals surface area contributed by atoms with E-state index >= 15 is 4.79 Å². The van der Waals surface area contributed by atoms with Crippen LogP contribution in [0.1, 0.15) is 70.6 Å². The molecular formula is C54H70N8O18S. The molecule has 27 heteroatoms. The van der Waals surface area contributed by atoms with Crippen molar-refractivity contribution in [2.24, 2.45) is 5.92 Å². The minimum absolute atomic E-state index is 0.00331. The molecule has 8 amide bonds. The number of esters is 1. The molecule has 2 fully saturated rings. The van der Waals surface area contributed by atoms with Gasteiger partial charge < -0.3 is 66.5 Å². The van der Waals surface area contributed by atoms with Crippen LogP contribution in [0.5, 0.6) is 11.5 Å². The van der Waals surface area contributed by atoms with Crippen molar-refractivity contribution in [2.45, 2.75) is 134 Å². The van der Waals surface area contributed by atoms with Crippen molar-refractivity contribution in [3.63, 3.8) is 0 Å². The lowest BCUT2D eigenvalue weighted by atomic mass is 9.95. The number of hydrogen-bond acceptors (Lipinski definition) is 17. The fourth-order valence-corrected chi connectivity index (χ4v) is 9.27. The van der Waals surface area contributed by atoms with Gasteiger partial charge in [0.25, 0.3) is 17.7 Å². The zero-order chi connectivity index (χ0) is 59.9. The van der Waals surface area contributed by atoms with Crippen LogP contribution in [-0.2, 0) is 86.5 Å². The molecule has 0 aliphatic carbocycles. The molecule has 3 aromatic carbocycles. The highest BCUT2D eigenvalue weighted by Gasteiger charge is 2.46. The Morgan fingerprint density at radius 3 is 1.96 bits per heavy atom. The molecule has 10 atom stereocenters.